The second-order valence-electron chi connectivity index (χ2n) is 4.39. The van der Waals surface area contributed by atoms with Crippen molar-refractivity contribution in [1.29, 1.82) is 0 Å². The van der Waals surface area contributed by atoms with Crippen molar-refractivity contribution in [3.8, 4) is 0 Å². The van der Waals surface area contributed by atoms with Gasteiger partial charge >= 0.3 is 0 Å². The summed E-state index contributed by atoms with van der Waals surface area (Å²) in [6, 6.07) is 1.96. The fourth-order valence-corrected chi connectivity index (χ4v) is 3.66. The molecule has 1 atom stereocenters. The van der Waals surface area contributed by atoms with Gasteiger partial charge in [-0.05, 0) is 40.2 Å². The predicted molar refractivity (Wildman–Crippen MR) is 74.8 cm³/mol. The van der Waals surface area contributed by atoms with Crippen molar-refractivity contribution >= 4 is 39.1 Å². The minimum absolute atomic E-state index is 0.0356. The van der Waals surface area contributed by atoms with Crippen LogP contribution in [0.25, 0.3) is 0 Å². The van der Waals surface area contributed by atoms with Gasteiger partial charge in [-0.25, -0.2) is 0 Å². The Morgan fingerprint density at radius 2 is 2.33 bits per heavy atom. The van der Waals surface area contributed by atoms with Crippen LogP contribution in [-0.4, -0.2) is 35.8 Å². The van der Waals surface area contributed by atoms with E-state index in [0.29, 0.717) is 6.54 Å². The Hall–Kier alpha value is -0.880. The van der Waals surface area contributed by atoms with Crippen LogP contribution in [0.1, 0.15) is 29.4 Å². The number of nitrogens with one attached hydrogen (secondary N) is 1. The summed E-state index contributed by atoms with van der Waals surface area (Å²) >= 11 is 4.82. The van der Waals surface area contributed by atoms with Gasteiger partial charge in [-0.15, -0.1) is 11.3 Å². The Kier molecular flexibility index (Phi) is 4.40. The number of carbonyl (C=O) groups excluding carboxylic acids is 2. The smallest absolute Gasteiger partial charge is 0.265 e. The number of halogens is 1. The molecule has 0 aromatic carbocycles. The van der Waals surface area contributed by atoms with Gasteiger partial charge in [0.1, 0.15) is 4.88 Å². The van der Waals surface area contributed by atoms with E-state index >= 15 is 0 Å². The third-order valence-electron chi connectivity index (χ3n) is 2.93. The number of nitrogens with zero attached hydrogens (tertiary/aromatic N) is 1. The first-order valence-corrected chi connectivity index (χ1v) is 7.54. The Morgan fingerprint density at radius 1 is 1.56 bits per heavy atom. The van der Waals surface area contributed by atoms with E-state index in [9.17, 15) is 9.59 Å². The monoisotopic (exact) mass is 330 g/mol. The number of likely N-dealkylation sites (tertiary alicyclic amines) is 1. The quantitative estimate of drug-likeness (QED) is 0.904. The van der Waals surface area contributed by atoms with E-state index in [1.165, 1.54) is 18.3 Å². The van der Waals surface area contributed by atoms with Crippen molar-refractivity contribution in [2.45, 2.75) is 25.8 Å². The van der Waals surface area contributed by atoms with E-state index in [2.05, 4.69) is 21.2 Å². The number of amides is 2. The van der Waals surface area contributed by atoms with E-state index in [1.807, 2.05) is 16.3 Å². The van der Waals surface area contributed by atoms with E-state index in [-0.39, 0.29) is 17.9 Å². The average Bonchev–Trinajstić information content (AvgIpc) is 2.74. The fourth-order valence-electron chi connectivity index (χ4n) is 2.16. The number of hydrogen-bond donors (Lipinski definition) is 1. The van der Waals surface area contributed by atoms with Gasteiger partial charge in [0.05, 0.1) is 0 Å². The molecule has 0 aliphatic carbocycles. The molecular weight excluding hydrogens is 316 g/mol. The largest absolute Gasteiger partial charge is 0.352 e. The highest BCUT2D eigenvalue weighted by Gasteiger charge is 2.26. The van der Waals surface area contributed by atoms with Gasteiger partial charge in [-0.1, -0.05) is 0 Å². The maximum absolute atomic E-state index is 12.3. The number of thiophene rings is 1. The molecule has 2 rings (SSSR count). The minimum atomic E-state index is -0.0356. The highest BCUT2D eigenvalue weighted by Crippen LogP contribution is 2.25. The van der Waals surface area contributed by atoms with E-state index in [1.54, 1.807) is 0 Å². The molecule has 4 nitrogen and oxygen atoms in total. The van der Waals surface area contributed by atoms with Crippen molar-refractivity contribution in [3.05, 3.63) is 20.8 Å². The average molecular weight is 331 g/mol. The van der Waals surface area contributed by atoms with Gasteiger partial charge in [0.15, 0.2) is 0 Å². The second kappa shape index (κ2) is 5.84. The minimum Gasteiger partial charge on any atom is -0.352 e. The van der Waals surface area contributed by atoms with Crippen LogP contribution in [0.3, 0.4) is 0 Å². The van der Waals surface area contributed by atoms with Crippen LogP contribution >= 0.6 is 27.3 Å². The summed E-state index contributed by atoms with van der Waals surface area (Å²) < 4.78 is 0.846. The van der Waals surface area contributed by atoms with Crippen LogP contribution in [0.2, 0.25) is 0 Å². The maximum atomic E-state index is 12.3. The van der Waals surface area contributed by atoms with E-state index in [0.717, 1.165) is 28.7 Å². The first-order chi connectivity index (χ1) is 8.58. The van der Waals surface area contributed by atoms with Crippen molar-refractivity contribution < 1.29 is 9.59 Å². The lowest BCUT2D eigenvalue weighted by Crippen LogP contribution is -2.49. The summed E-state index contributed by atoms with van der Waals surface area (Å²) in [6.45, 7) is 2.87. The summed E-state index contributed by atoms with van der Waals surface area (Å²) in [6.07, 6.45) is 1.87. The summed E-state index contributed by atoms with van der Waals surface area (Å²) in [7, 11) is 0. The summed E-state index contributed by atoms with van der Waals surface area (Å²) in [5.74, 6) is 0.0125. The third-order valence-corrected chi connectivity index (χ3v) is 4.75. The molecule has 1 aliphatic heterocycles. The van der Waals surface area contributed by atoms with E-state index in [4.69, 9.17) is 0 Å². The summed E-state index contributed by atoms with van der Waals surface area (Å²) in [5, 5.41) is 4.78. The SMILES string of the molecule is CC(=O)NC1CCCN(C(=O)c2sccc2Br)C1. The molecule has 1 fully saturated rings. The van der Waals surface area contributed by atoms with Crippen LogP contribution in [0.4, 0.5) is 0 Å². The Labute approximate surface area is 118 Å². The Balaban J connectivity index is 2.03. The normalized spacial score (nSPS) is 19.7. The predicted octanol–water partition coefficient (Wildman–Crippen LogP) is 2.25. The van der Waals surface area contributed by atoms with Gasteiger partial charge in [0, 0.05) is 30.5 Å². The van der Waals surface area contributed by atoms with Gasteiger partial charge in [-0.3, -0.25) is 9.59 Å². The van der Waals surface area contributed by atoms with Crippen LogP contribution in [0.5, 0.6) is 0 Å². The lowest BCUT2D eigenvalue weighted by molar-refractivity contribution is -0.120. The highest BCUT2D eigenvalue weighted by atomic mass is 79.9. The number of hydrogen-bond acceptors (Lipinski definition) is 3. The molecule has 6 heteroatoms. The van der Waals surface area contributed by atoms with Crippen molar-refractivity contribution in [2.75, 3.05) is 13.1 Å². The maximum Gasteiger partial charge on any atom is 0.265 e. The van der Waals surface area contributed by atoms with Crippen LogP contribution in [0, 0.1) is 0 Å². The molecule has 0 bridgehead atoms. The Bertz CT molecular complexity index is 461. The number of rotatable bonds is 2. The number of carbonyl (C=O) groups is 2. The molecule has 1 unspecified atom stereocenters. The van der Waals surface area contributed by atoms with Gasteiger partial charge < -0.3 is 10.2 Å². The molecular formula is C12H15BrN2O2S. The molecule has 18 heavy (non-hydrogen) atoms. The van der Waals surface area contributed by atoms with Gasteiger partial charge in [0.2, 0.25) is 5.91 Å². The molecule has 1 aromatic rings. The zero-order chi connectivity index (χ0) is 13.1. The molecule has 0 spiro atoms. The lowest BCUT2D eigenvalue weighted by Gasteiger charge is -2.32. The molecule has 1 aliphatic rings. The van der Waals surface area contributed by atoms with Crippen molar-refractivity contribution in [1.82, 2.24) is 10.2 Å². The molecule has 2 amide bonds. The van der Waals surface area contributed by atoms with E-state index < -0.39 is 0 Å². The van der Waals surface area contributed by atoms with Gasteiger partial charge in [0.25, 0.3) is 5.91 Å². The zero-order valence-corrected chi connectivity index (χ0v) is 12.5. The van der Waals surface area contributed by atoms with Crippen molar-refractivity contribution in [2.24, 2.45) is 0 Å². The highest BCUT2D eigenvalue weighted by molar-refractivity contribution is 9.10. The molecule has 0 saturated carbocycles. The van der Waals surface area contributed by atoms with Gasteiger partial charge in [-0.2, -0.15) is 0 Å². The third kappa shape index (κ3) is 3.11. The molecule has 1 saturated heterocycles. The summed E-state index contributed by atoms with van der Waals surface area (Å²) in [4.78, 5) is 25.9. The first-order valence-electron chi connectivity index (χ1n) is 5.87. The van der Waals surface area contributed by atoms with Crippen LogP contribution < -0.4 is 5.32 Å². The molecule has 2 heterocycles. The molecule has 0 radical (unpaired) electrons. The van der Waals surface area contributed by atoms with Crippen LogP contribution in [-0.2, 0) is 4.79 Å². The topological polar surface area (TPSA) is 49.4 Å². The first kappa shape index (κ1) is 13.5. The van der Waals surface area contributed by atoms with Crippen LogP contribution in [0.15, 0.2) is 15.9 Å². The standard InChI is InChI=1S/C12H15BrN2O2S/c1-8(16)14-9-3-2-5-15(7-9)12(17)11-10(13)4-6-18-11/h4,6,9H,2-3,5,7H2,1H3,(H,14,16). The zero-order valence-electron chi connectivity index (χ0n) is 10.1. The Morgan fingerprint density at radius 3 is 2.94 bits per heavy atom. The molecule has 98 valence electrons. The van der Waals surface area contributed by atoms with Crippen molar-refractivity contribution in [3.63, 3.8) is 0 Å². The molecule has 1 aromatic heterocycles. The number of piperidine rings is 1. The molecule has 1 N–H and O–H groups in total. The second-order valence-corrected chi connectivity index (χ2v) is 6.16. The summed E-state index contributed by atoms with van der Waals surface area (Å²) in [5.41, 5.74) is 0. The fraction of sp³-hybridized carbons (Fsp3) is 0.500. The lowest BCUT2D eigenvalue weighted by atomic mass is 10.1.